The molecule has 7 nitrogen and oxygen atoms in total. The van der Waals surface area contributed by atoms with Crippen LogP contribution in [-0.2, 0) is 4.74 Å². The highest BCUT2D eigenvalue weighted by atomic mass is 16.6. The second-order valence-corrected chi connectivity index (χ2v) is 7.05. The first-order valence-electron chi connectivity index (χ1n) is 8.09. The largest absolute Gasteiger partial charge is 0.444 e. The second kappa shape index (κ2) is 7.17. The Morgan fingerprint density at radius 2 is 1.77 bits per heavy atom. The van der Waals surface area contributed by atoms with Gasteiger partial charge in [0.25, 0.3) is 0 Å². The van der Waals surface area contributed by atoms with Gasteiger partial charge >= 0.3 is 12.1 Å². The van der Waals surface area contributed by atoms with Crippen molar-refractivity contribution >= 4 is 12.1 Å². The average Bonchev–Trinajstić information content (AvgIpc) is 2.90. The van der Waals surface area contributed by atoms with Crippen molar-refractivity contribution in [1.82, 2.24) is 20.9 Å². The van der Waals surface area contributed by atoms with Gasteiger partial charge in [-0.15, -0.1) is 0 Å². The summed E-state index contributed by atoms with van der Waals surface area (Å²) in [6.07, 6.45) is 2.13. The van der Waals surface area contributed by atoms with Crippen LogP contribution in [-0.4, -0.2) is 60.9 Å². The minimum Gasteiger partial charge on any atom is -0.444 e. The molecule has 2 rings (SSSR count). The Balaban J connectivity index is 1.68. The predicted molar refractivity (Wildman–Crippen MR) is 83.8 cm³/mol. The first kappa shape index (κ1) is 16.9. The highest BCUT2D eigenvalue weighted by Crippen LogP contribution is 2.13. The summed E-state index contributed by atoms with van der Waals surface area (Å²) in [4.78, 5) is 25.7. The maximum atomic E-state index is 12.1. The molecule has 22 heavy (non-hydrogen) atoms. The van der Waals surface area contributed by atoms with E-state index in [1.807, 2.05) is 25.7 Å². The predicted octanol–water partition coefficient (Wildman–Crippen LogP) is 1.05. The number of nitrogens with zero attached hydrogens (tertiary/aromatic N) is 1. The molecule has 2 aliphatic rings. The van der Waals surface area contributed by atoms with Gasteiger partial charge in [0.05, 0.1) is 0 Å². The van der Waals surface area contributed by atoms with Gasteiger partial charge in [0.1, 0.15) is 5.60 Å². The third-order valence-electron chi connectivity index (χ3n) is 3.89. The van der Waals surface area contributed by atoms with E-state index in [4.69, 9.17) is 4.74 Å². The molecule has 0 saturated carbocycles. The summed E-state index contributed by atoms with van der Waals surface area (Å²) in [5.41, 5.74) is -0.486. The summed E-state index contributed by atoms with van der Waals surface area (Å²) in [7, 11) is 0. The zero-order valence-electron chi connectivity index (χ0n) is 13.8. The second-order valence-electron chi connectivity index (χ2n) is 7.05. The number of urea groups is 1. The molecule has 0 spiro atoms. The molecule has 7 heteroatoms. The summed E-state index contributed by atoms with van der Waals surface area (Å²) in [6, 6.07) is 0.321. The Labute approximate surface area is 132 Å². The topological polar surface area (TPSA) is 82.7 Å². The van der Waals surface area contributed by atoms with Crippen LogP contribution in [0.1, 0.15) is 40.0 Å². The highest BCUT2D eigenvalue weighted by molar-refractivity contribution is 5.74. The van der Waals surface area contributed by atoms with E-state index in [9.17, 15) is 9.59 Å². The Hall–Kier alpha value is -1.50. The first-order valence-corrected chi connectivity index (χ1v) is 8.09. The Morgan fingerprint density at radius 1 is 1.09 bits per heavy atom. The fourth-order valence-electron chi connectivity index (χ4n) is 2.74. The van der Waals surface area contributed by atoms with Crippen LogP contribution < -0.4 is 16.0 Å². The number of amides is 3. The number of rotatable bonds is 2. The monoisotopic (exact) mass is 312 g/mol. The van der Waals surface area contributed by atoms with Gasteiger partial charge in [0.15, 0.2) is 0 Å². The van der Waals surface area contributed by atoms with Gasteiger partial charge in [-0.25, -0.2) is 9.59 Å². The van der Waals surface area contributed by atoms with Crippen molar-refractivity contribution < 1.29 is 14.3 Å². The van der Waals surface area contributed by atoms with Crippen molar-refractivity contribution in [2.45, 2.75) is 57.7 Å². The third kappa shape index (κ3) is 5.36. The molecule has 0 aliphatic carbocycles. The Morgan fingerprint density at radius 3 is 2.32 bits per heavy atom. The molecule has 2 aliphatic heterocycles. The Bertz CT molecular complexity index is 394. The number of likely N-dealkylation sites (tertiary alicyclic amines) is 1. The molecule has 1 atom stereocenters. The average molecular weight is 312 g/mol. The number of nitrogens with one attached hydrogen (secondary N) is 3. The SMILES string of the molecule is CC(C)(C)OC(=O)NC1CCN(C(=O)N[C@@H]2CCNC2)CC1. The van der Waals surface area contributed by atoms with Gasteiger partial charge < -0.3 is 25.6 Å². The lowest BCUT2D eigenvalue weighted by Crippen LogP contribution is -2.52. The maximum Gasteiger partial charge on any atom is 0.407 e. The van der Waals surface area contributed by atoms with Crippen molar-refractivity contribution in [3.05, 3.63) is 0 Å². The third-order valence-corrected chi connectivity index (χ3v) is 3.89. The molecular weight excluding hydrogens is 284 g/mol. The Kier molecular flexibility index (Phi) is 5.50. The molecule has 0 bridgehead atoms. The van der Waals surface area contributed by atoms with E-state index in [0.29, 0.717) is 13.1 Å². The van der Waals surface area contributed by atoms with Gasteiger partial charge in [-0.05, 0) is 46.6 Å². The number of hydrogen-bond acceptors (Lipinski definition) is 4. The number of hydrogen-bond donors (Lipinski definition) is 3. The van der Waals surface area contributed by atoms with E-state index in [1.54, 1.807) is 0 Å². The first-order chi connectivity index (χ1) is 10.3. The highest BCUT2D eigenvalue weighted by Gasteiger charge is 2.27. The zero-order chi connectivity index (χ0) is 16.2. The minimum atomic E-state index is -0.486. The molecule has 0 unspecified atom stereocenters. The van der Waals surface area contributed by atoms with E-state index in [2.05, 4.69) is 16.0 Å². The van der Waals surface area contributed by atoms with Crippen LogP contribution in [0.5, 0.6) is 0 Å². The van der Waals surface area contributed by atoms with Crippen LogP contribution in [0.15, 0.2) is 0 Å². The van der Waals surface area contributed by atoms with Crippen LogP contribution in [0.25, 0.3) is 0 Å². The lowest BCUT2D eigenvalue weighted by Gasteiger charge is -2.33. The van der Waals surface area contributed by atoms with Crippen LogP contribution in [0.4, 0.5) is 9.59 Å². The van der Waals surface area contributed by atoms with Crippen LogP contribution in [0, 0.1) is 0 Å². The zero-order valence-corrected chi connectivity index (χ0v) is 13.8. The molecule has 3 N–H and O–H groups in total. The number of ether oxygens (including phenoxy) is 1. The molecule has 0 radical (unpaired) electrons. The van der Waals surface area contributed by atoms with Gasteiger partial charge in [-0.3, -0.25) is 0 Å². The number of carbonyl (C=O) groups excluding carboxylic acids is 2. The standard InChI is InChI=1S/C15H28N4O3/c1-15(2,3)22-14(21)18-11-5-8-19(9-6-11)13(20)17-12-4-7-16-10-12/h11-12,16H,4-10H2,1-3H3,(H,17,20)(H,18,21)/t12-/m1/s1. The summed E-state index contributed by atoms with van der Waals surface area (Å²) in [5, 5.41) is 9.16. The van der Waals surface area contributed by atoms with Gasteiger partial charge in [0.2, 0.25) is 0 Å². The quantitative estimate of drug-likeness (QED) is 0.712. The smallest absolute Gasteiger partial charge is 0.407 e. The minimum absolute atomic E-state index is 0.00409. The van der Waals surface area contributed by atoms with Gasteiger partial charge in [-0.2, -0.15) is 0 Å². The lowest BCUT2D eigenvalue weighted by atomic mass is 10.1. The molecule has 2 heterocycles. The molecule has 2 fully saturated rings. The van der Waals surface area contributed by atoms with Crippen molar-refractivity contribution in [1.29, 1.82) is 0 Å². The van der Waals surface area contributed by atoms with Crippen LogP contribution >= 0.6 is 0 Å². The van der Waals surface area contributed by atoms with Crippen LogP contribution in [0.3, 0.4) is 0 Å². The van der Waals surface area contributed by atoms with Gasteiger partial charge in [-0.1, -0.05) is 0 Å². The van der Waals surface area contributed by atoms with Crippen molar-refractivity contribution in [2.75, 3.05) is 26.2 Å². The number of piperidine rings is 1. The fraction of sp³-hybridized carbons (Fsp3) is 0.867. The van der Waals surface area contributed by atoms with Crippen molar-refractivity contribution in [3.8, 4) is 0 Å². The van der Waals surface area contributed by atoms with E-state index in [0.717, 1.165) is 32.4 Å². The van der Waals surface area contributed by atoms with Crippen molar-refractivity contribution in [3.63, 3.8) is 0 Å². The molecule has 0 aromatic heterocycles. The van der Waals surface area contributed by atoms with E-state index >= 15 is 0 Å². The van der Waals surface area contributed by atoms with Gasteiger partial charge in [0, 0.05) is 31.7 Å². The molecule has 3 amide bonds. The lowest BCUT2D eigenvalue weighted by molar-refractivity contribution is 0.0485. The molecule has 126 valence electrons. The molecule has 0 aromatic rings. The molecule has 2 saturated heterocycles. The van der Waals surface area contributed by atoms with Crippen molar-refractivity contribution in [2.24, 2.45) is 0 Å². The fourth-order valence-corrected chi connectivity index (χ4v) is 2.74. The maximum absolute atomic E-state index is 12.1. The molecule has 0 aromatic carbocycles. The molecular formula is C15H28N4O3. The van der Waals surface area contributed by atoms with E-state index in [1.165, 1.54) is 0 Å². The summed E-state index contributed by atoms with van der Waals surface area (Å²) >= 11 is 0. The van der Waals surface area contributed by atoms with E-state index < -0.39 is 5.60 Å². The summed E-state index contributed by atoms with van der Waals surface area (Å²) in [5.74, 6) is 0. The normalized spacial score (nSPS) is 23.2. The number of alkyl carbamates (subject to hydrolysis) is 1. The summed E-state index contributed by atoms with van der Waals surface area (Å²) in [6.45, 7) is 8.67. The summed E-state index contributed by atoms with van der Waals surface area (Å²) < 4.78 is 5.25. The number of carbonyl (C=O) groups is 2. The van der Waals surface area contributed by atoms with E-state index in [-0.39, 0.29) is 24.2 Å². The van der Waals surface area contributed by atoms with Crippen LogP contribution in [0.2, 0.25) is 0 Å².